The summed E-state index contributed by atoms with van der Waals surface area (Å²) in [5.74, 6) is 0.516. The van der Waals surface area contributed by atoms with E-state index in [-0.39, 0.29) is 11.4 Å². The summed E-state index contributed by atoms with van der Waals surface area (Å²) >= 11 is 0. The molecule has 0 saturated heterocycles. The summed E-state index contributed by atoms with van der Waals surface area (Å²) in [6.45, 7) is 2.85. The van der Waals surface area contributed by atoms with E-state index < -0.39 is 0 Å². The quantitative estimate of drug-likeness (QED) is 0.826. The predicted octanol–water partition coefficient (Wildman–Crippen LogP) is 4.10. The van der Waals surface area contributed by atoms with E-state index in [2.05, 4.69) is 18.9 Å². The monoisotopic (exact) mass is 274 g/mol. The summed E-state index contributed by atoms with van der Waals surface area (Å²) in [5, 5.41) is 8.88. The third-order valence-corrected chi connectivity index (χ3v) is 4.64. The summed E-state index contributed by atoms with van der Waals surface area (Å²) in [6.07, 6.45) is 6.25. The highest BCUT2D eigenvalue weighted by molar-refractivity contribution is 5.34. The number of rotatable bonds is 4. The lowest BCUT2D eigenvalue weighted by atomic mass is 9.84. The van der Waals surface area contributed by atoms with Crippen LogP contribution in [0.5, 0.6) is 0 Å². The highest BCUT2D eigenvalue weighted by Gasteiger charge is 2.23. The lowest BCUT2D eigenvalue weighted by molar-refractivity contribution is 0.156. The molecule has 1 aliphatic rings. The van der Waals surface area contributed by atoms with E-state index in [9.17, 15) is 4.39 Å². The van der Waals surface area contributed by atoms with Crippen LogP contribution in [0.2, 0.25) is 0 Å². The molecule has 0 heterocycles. The Morgan fingerprint density at radius 3 is 2.60 bits per heavy atom. The fourth-order valence-electron chi connectivity index (χ4n) is 3.18. The zero-order chi connectivity index (χ0) is 14.5. The van der Waals surface area contributed by atoms with Crippen molar-refractivity contribution in [2.45, 2.75) is 51.6 Å². The number of benzene rings is 1. The van der Waals surface area contributed by atoms with Crippen LogP contribution in [0.1, 0.15) is 50.2 Å². The van der Waals surface area contributed by atoms with Crippen molar-refractivity contribution < 1.29 is 4.39 Å². The van der Waals surface area contributed by atoms with Crippen LogP contribution in [0.4, 0.5) is 4.39 Å². The van der Waals surface area contributed by atoms with Crippen LogP contribution >= 0.6 is 0 Å². The van der Waals surface area contributed by atoms with E-state index in [0.717, 1.165) is 5.92 Å². The van der Waals surface area contributed by atoms with Gasteiger partial charge in [0.15, 0.2) is 0 Å². The molecule has 0 aromatic heterocycles. The Labute approximate surface area is 121 Å². The van der Waals surface area contributed by atoms with Gasteiger partial charge >= 0.3 is 0 Å². The normalized spacial score (nSPS) is 22.8. The van der Waals surface area contributed by atoms with Crippen LogP contribution in [0.15, 0.2) is 18.2 Å². The molecule has 0 N–H and O–H groups in total. The molecule has 0 radical (unpaired) electrons. The van der Waals surface area contributed by atoms with Crippen molar-refractivity contribution in [3.63, 3.8) is 0 Å². The van der Waals surface area contributed by atoms with Crippen molar-refractivity contribution in [2.24, 2.45) is 5.92 Å². The molecule has 0 spiro atoms. The van der Waals surface area contributed by atoms with E-state index in [1.54, 1.807) is 12.1 Å². The molecule has 20 heavy (non-hydrogen) atoms. The molecule has 0 bridgehead atoms. The van der Waals surface area contributed by atoms with E-state index >= 15 is 0 Å². The van der Waals surface area contributed by atoms with Crippen LogP contribution < -0.4 is 0 Å². The van der Waals surface area contributed by atoms with Gasteiger partial charge in [0.05, 0.1) is 5.56 Å². The second-order valence-electron chi connectivity index (χ2n) is 5.89. The second-order valence-corrected chi connectivity index (χ2v) is 5.89. The van der Waals surface area contributed by atoms with Crippen molar-refractivity contribution in [1.82, 2.24) is 4.90 Å². The van der Waals surface area contributed by atoms with Crippen LogP contribution in [0.3, 0.4) is 0 Å². The molecule has 1 saturated carbocycles. The van der Waals surface area contributed by atoms with Crippen LogP contribution in [0, 0.1) is 23.1 Å². The molecule has 2 rings (SSSR count). The van der Waals surface area contributed by atoms with E-state index in [1.165, 1.54) is 38.2 Å². The van der Waals surface area contributed by atoms with Gasteiger partial charge in [0.25, 0.3) is 0 Å². The molecule has 1 fully saturated rings. The van der Waals surface area contributed by atoms with Crippen molar-refractivity contribution in [1.29, 1.82) is 5.26 Å². The maximum Gasteiger partial charge on any atom is 0.145 e. The van der Waals surface area contributed by atoms with Crippen LogP contribution in [-0.4, -0.2) is 18.0 Å². The molecular formula is C17H23FN2. The number of nitriles is 1. The topological polar surface area (TPSA) is 27.0 Å². The zero-order valence-corrected chi connectivity index (χ0v) is 12.4. The average molecular weight is 274 g/mol. The maximum absolute atomic E-state index is 14.1. The number of hydrogen-bond acceptors (Lipinski definition) is 2. The van der Waals surface area contributed by atoms with Crippen molar-refractivity contribution >= 4 is 0 Å². The Kier molecular flexibility index (Phi) is 5.14. The van der Waals surface area contributed by atoms with Crippen molar-refractivity contribution in [3.05, 3.63) is 35.1 Å². The lowest BCUT2D eigenvalue weighted by Crippen LogP contribution is -2.34. The third-order valence-electron chi connectivity index (χ3n) is 4.64. The van der Waals surface area contributed by atoms with Gasteiger partial charge < -0.3 is 0 Å². The van der Waals surface area contributed by atoms with Gasteiger partial charge in [-0.15, -0.1) is 0 Å². The minimum Gasteiger partial charge on any atom is -0.299 e. The van der Waals surface area contributed by atoms with Gasteiger partial charge in [0, 0.05) is 18.2 Å². The lowest BCUT2D eigenvalue weighted by Gasteiger charge is -2.34. The zero-order valence-electron chi connectivity index (χ0n) is 12.4. The molecule has 0 unspecified atom stereocenters. The number of halogens is 1. The highest BCUT2D eigenvalue weighted by atomic mass is 19.1. The Morgan fingerprint density at radius 1 is 1.30 bits per heavy atom. The standard InChI is InChI=1S/C17H23FN2/c1-3-13-7-9-16(10-8-13)20(2)12-15-6-4-5-14(11-19)17(15)18/h4-6,13,16H,3,7-10,12H2,1-2H3. The predicted molar refractivity (Wildman–Crippen MR) is 78.6 cm³/mol. The fraction of sp³-hybridized carbons (Fsp3) is 0.588. The summed E-state index contributed by atoms with van der Waals surface area (Å²) in [7, 11) is 2.06. The summed E-state index contributed by atoms with van der Waals surface area (Å²) in [5.41, 5.74) is 0.773. The largest absolute Gasteiger partial charge is 0.299 e. The Hall–Kier alpha value is -1.40. The van der Waals surface area contributed by atoms with E-state index in [4.69, 9.17) is 5.26 Å². The minimum atomic E-state index is -0.357. The molecule has 0 amide bonds. The molecule has 108 valence electrons. The number of nitrogens with zero attached hydrogens (tertiary/aromatic N) is 2. The molecular weight excluding hydrogens is 251 g/mol. The molecule has 0 aliphatic heterocycles. The first-order valence-electron chi connectivity index (χ1n) is 7.53. The molecule has 3 heteroatoms. The Balaban J connectivity index is 1.99. The summed E-state index contributed by atoms with van der Waals surface area (Å²) in [4.78, 5) is 2.24. The first-order chi connectivity index (χ1) is 9.65. The Morgan fingerprint density at radius 2 is 2.00 bits per heavy atom. The molecule has 0 atom stereocenters. The molecule has 1 aliphatic carbocycles. The summed E-state index contributed by atoms with van der Waals surface area (Å²) < 4.78 is 14.1. The molecule has 1 aromatic carbocycles. The van der Waals surface area contributed by atoms with Crippen molar-refractivity contribution in [2.75, 3.05) is 7.05 Å². The van der Waals surface area contributed by atoms with Gasteiger partial charge in [-0.25, -0.2) is 4.39 Å². The highest BCUT2D eigenvalue weighted by Crippen LogP contribution is 2.29. The average Bonchev–Trinajstić information content (AvgIpc) is 2.49. The van der Waals surface area contributed by atoms with Gasteiger partial charge in [-0.3, -0.25) is 4.90 Å². The van der Waals surface area contributed by atoms with Crippen LogP contribution in [0.25, 0.3) is 0 Å². The Bertz CT molecular complexity index is 484. The molecule has 1 aromatic rings. The minimum absolute atomic E-state index is 0.144. The van der Waals surface area contributed by atoms with Gasteiger partial charge in [0.2, 0.25) is 0 Å². The van der Waals surface area contributed by atoms with Crippen molar-refractivity contribution in [3.8, 4) is 6.07 Å². The van der Waals surface area contributed by atoms with E-state index in [0.29, 0.717) is 18.2 Å². The third kappa shape index (κ3) is 3.37. The molecule has 2 nitrogen and oxygen atoms in total. The van der Waals surface area contributed by atoms with Crippen LogP contribution in [-0.2, 0) is 6.54 Å². The maximum atomic E-state index is 14.1. The van der Waals surface area contributed by atoms with Gasteiger partial charge in [-0.2, -0.15) is 5.26 Å². The van der Waals surface area contributed by atoms with Gasteiger partial charge in [-0.1, -0.05) is 25.5 Å². The second kappa shape index (κ2) is 6.85. The smallest absolute Gasteiger partial charge is 0.145 e. The first kappa shape index (κ1) is 15.0. The van der Waals surface area contributed by atoms with E-state index in [1.807, 2.05) is 6.07 Å². The first-order valence-corrected chi connectivity index (χ1v) is 7.53. The SMILES string of the molecule is CCC1CCC(N(C)Cc2cccc(C#N)c2F)CC1. The van der Waals surface area contributed by atoms with Gasteiger partial charge in [0.1, 0.15) is 11.9 Å². The number of hydrogen-bond donors (Lipinski definition) is 0. The van der Waals surface area contributed by atoms with Gasteiger partial charge in [-0.05, 0) is 44.7 Å². The summed E-state index contributed by atoms with van der Waals surface area (Å²) in [6, 6.07) is 7.53. The fourth-order valence-corrected chi connectivity index (χ4v) is 3.18.